The fraction of sp³-hybridized carbons (Fsp3) is 0.440. The van der Waals surface area contributed by atoms with Gasteiger partial charge in [-0.25, -0.2) is 23.1 Å². The second-order valence-electron chi connectivity index (χ2n) is 9.57. The molecular formula is C25H28F3N7O. The molecule has 0 bridgehead atoms. The molecule has 0 atom stereocenters. The van der Waals surface area contributed by atoms with Crippen molar-refractivity contribution in [3.63, 3.8) is 0 Å². The Morgan fingerprint density at radius 1 is 1.22 bits per heavy atom. The molecule has 1 aromatic carbocycles. The van der Waals surface area contributed by atoms with Gasteiger partial charge < -0.3 is 19.8 Å². The maximum absolute atomic E-state index is 14.9. The lowest BCUT2D eigenvalue weighted by atomic mass is 9.85. The van der Waals surface area contributed by atoms with E-state index in [-0.39, 0.29) is 23.4 Å². The minimum atomic E-state index is -2.58. The quantitative estimate of drug-likeness (QED) is 0.400. The van der Waals surface area contributed by atoms with Crippen LogP contribution in [0.1, 0.15) is 31.5 Å². The van der Waals surface area contributed by atoms with Crippen LogP contribution in [0.4, 0.5) is 19.1 Å². The van der Waals surface area contributed by atoms with Crippen LogP contribution < -0.4 is 5.32 Å². The molecule has 36 heavy (non-hydrogen) atoms. The van der Waals surface area contributed by atoms with E-state index in [2.05, 4.69) is 25.3 Å². The molecule has 0 aliphatic heterocycles. The van der Waals surface area contributed by atoms with E-state index >= 15 is 0 Å². The van der Waals surface area contributed by atoms with Crippen molar-refractivity contribution in [1.82, 2.24) is 29.4 Å². The number of H-pyrrole nitrogens is 1. The number of aryl methyl sites for hydroxylation is 1. The van der Waals surface area contributed by atoms with Crippen LogP contribution in [0, 0.1) is 18.7 Å². The van der Waals surface area contributed by atoms with Crippen molar-refractivity contribution in [2.24, 2.45) is 5.92 Å². The Morgan fingerprint density at radius 3 is 2.67 bits per heavy atom. The van der Waals surface area contributed by atoms with Gasteiger partial charge in [-0.1, -0.05) is 0 Å². The Kier molecular flexibility index (Phi) is 6.31. The van der Waals surface area contributed by atoms with Gasteiger partial charge in [-0.15, -0.1) is 0 Å². The molecule has 0 radical (unpaired) electrons. The number of rotatable bonds is 6. The number of benzene rings is 1. The summed E-state index contributed by atoms with van der Waals surface area (Å²) in [7, 11) is 3.57. The van der Waals surface area contributed by atoms with Crippen LogP contribution in [0.3, 0.4) is 0 Å². The van der Waals surface area contributed by atoms with Gasteiger partial charge in [0.25, 0.3) is 6.43 Å². The number of aromatic amines is 1. The van der Waals surface area contributed by atoms with Crippen molar-refractivity contribution in [3.8, 4) is 11.1 Å². The first-order chi connectivity index (χ1) is 17.2. The molecule has 0 spiro atoms. The van der Waals surface area contributed by atoms with Gasteiger partial charge in [0.1, 0.15) is 17.0 Å². The molecule has 1 aliphatic carbocycles. The minimum absolute atomic E-state index is 0.0611. The number of halogens is 3. The van der Waals surface area contributed by atoms with Crippen LogP contribution in [0.15, 0.2) is 24.5 Å². The number of imidazole rings is 1. The first kappa shape index (κ1) is 24.1. The third kappa shape index (κ3) is 4.49. The summed E-state index contributed by atoms with van der Waals surface area (Å²) in [4.78, 5) is 30.1. The zero-order chi connectivity index (χ0) is 25.6. The maximum Gasteiger partial charge on any atom is 0.256 e. The second kappa shape index (κ2) is 9.44. The van der Waals surface area contributed by atoms with Crippen molar-refractivity contribution in [3.05, 3.63) is 36.2 Å². The van der Waals surface area contributed by atoms with E-state index in [1.807, 2.05) is 0 Å². The highest BCUT2D eigenvalue weighted by atomic mass is 19.3. The fourth-order valence-electron chi connectivity index (χ4n) is 5.07. The van der Waals surface area contributed by atoms with Gasteiger partial charge in [0.05, 0.1) is 12.1 Å². The SMILES string of the molecule is Cc1nc2c(F)cc(-c3c[nH]c4nc(N[C@H]5CC[C@@H](C(=O)N(C)C)CC5)ncc34)cc2n1CC(F)F. The van der Waals surface area contributed by atoms with Crippen LogP contribution in [0.5, 0.6) is 0 Å². The third-order valence-corrected chi connectivity index (χ3v) is 6.91. The Bertz CT molecular complexity index is 1420. The fourth-order valence-corrected chi connectivity index (χ4v) is 5.07. The summed E-state index contributed by atoms with van der Waals surface area (Å²) in [6.07, 6.45) is 4.14. The van der Waals surface area contributed by atoms with Crippen LogP contribution in [0.25, 0.3) is 33.2 Å². The molecule has 1 aliphatic rings. The van der Waals surface area contributed by atoms with Gasteiger partial charge in [0, 0.05) is 49.4 Å². The second-order valence-corrected chi connectivity index (χ2v) is 9.57. The smallest absolute Gasteiger partial charge is 0.256 e. The van der Waals surface area contributed by atoms with Gasteiger partial charge in [0.15, 0.2) is 5.82 Å². The van der Waals surface area contributed by atoms with Crippen LogP contribution in [-0.2, 0) is 11.3 Å². The van der Waals surface area contributed by atoms with Crippen molar-refractivity contribution in [1.29, 1.82) is 0 Å². The molecule has 0 saturated heterocycles. The van der Waals surface area contributed by atoms with Crippen molar-refractivity contribution in [2.45, 2.75) is 51.6 Å². The normalized spacial score (nSPS) is 18.3. The molecule has 5 rings (SSSR count). The molecule has 8 nitrogen and oxygen atoms in total. The van der Waals surface area contributed by atoms with Gasteiger partial charge >= 0.3 is 0 Å². The Balaban J connectivity index is 1.38. The van der Waals surface area contributed by atoms with E-state index in [1.165, 1.54) is 10.6 Å². The molecule has 1 saturated carbocycles. The standard InChI is InChI=1S/C25H28F3N7O/c1-13-31-22-19(26)8-15(9-20(22)35(13)12-21(27)28)17-10-29-23-18(17)11-30-25(33-23)32-16-6-4-14(5-7-16)24(36)34(2)3/h8-11,14,16,21H,4-7,12H2,1-3H3,(H2,29,30,32,33)/t14-,16+. The summed E-state index contributed by atoms with van der Waals surface area (Å²) in [6, 6.07) is 3.20. The first-order valence-corrected chi connectivity index (χ1v) is 12.0. The molecule has 1 fully saturated rings. The highest BCUT2D eigenvalue weighted by Crippen LogP contribution is 2.33. The number of hydrogen-bond donors (Lipinski definition) is 2. The van der Waals surface area contributed by atoms with E-state index < -0.39 is 18.8 Å². The van der Waals surface area contributed by atoms with Crippen molar-refractivity contribution >= 4 is 33.9 Å². The van der Waals surface area contributed by atoms with Crippen LogP contribution >= 0.6 is 0 Å². The van der Waals surface area contributed by atoms with Crippen LogP contribution in [0.2, 0.25) is 0 Å². The Labute approximate surface area is 205 Å². The number of anilines is 1. The van der Waals surface area contributed by atoms with Crippen LogP contribution in [-0.4, -0.2) is 61.9 Å². The molecule has 1 amide bonds. The van der Waals surface area contributed by atoms with Gasteiger partial charge in [-0.2, -0.15) is 4.98 Å². The number of carbonyl (C=O) groups is 1. The molecule has 11 heteroatoms. The first-order valence-electron chi connectivity index (χ1n) is 12.0. The van der Waals surface area contributed by atoms with E-state index in [0.717, 1.165) is 25.7 Å². The number of alkyl halides is 2. The topological polar surface area (TPSA) is 91.7 Å². The monoisotopic (exact) mass is 499 g/mol. The third-order valence-electron chi connectivity index (χ3n) is 6.91. The summed E-state index contributed by atoms with van der Waals surface area (Å²) < 4.78 is 42.4. The largest absolute Gasteiger partial charge is 0.351 e. The molecule has 3 aromatic heterocycles. The Hall–Kier alpha value is -3.63. The summed E-state index contributed by atoms with van der Waals surface area (Å²) in [5.74, 6) is 0.471. The van der Waals surface area contributed by atoms with E-state index in [9.17, 15) is 18.0 Å². The molecule has 3 heterocycles. The van der Waals surface area contributed by atoms with E-state index in [4.69, 9.17) is 0 Å². The number of amides is 1. The number of aromatic nitrogens is 5. The van der Waals surface area contributed by atoms with Crippen molar-refractivity contribution in [2.75, 3.05) is 19.4 Å². The Morgan fingerprint density at radius 2 is 1.97 bits per heavy atom. The average Bonchev–Trinajstić information content (AvgIpc) is 3.40. The highest BCUT2D eigenvalue weighted by Gasteiger charge is 2.27. The molecule has 0 unspecified atom stereocenters. The number of fused-ring (bicyclic) bond motifs is 2. The molecule has 4 aromatic rings. The van der Waals surface area contributed by atoms with E-state index in [0.29, 0.717) is 39.4 Å². The molecule has 2 N–H and O–H groups in total. The summed E-state index contributed by atoms with van der Waals surface area (Å²) >= 11 is 0. The zero-order valence-electron chi connectivity index (χ0n) is 20.4. The summed E-state index contributed by atoms with van der Waals surface area (Å²) in [5.41, 5.74) is 2.16. The number of carbonyl (C=O) groups excluding carboxylic acids is 1. The number of nitrogens with one attached hydrogen (secondary N) is 2. The molecule has 190 valence electrons. The summed E-state index contributed by atoms with van der Waals surface area (Å²) in [5, 5.41) is 4.05. The van der Waals surface area contributed by atoms with Crippen molar-refractivity contribution < 1.29 is 18.0 Å². The maximum atomic E-state index is 14.9. The zero-order valence-corrected chi connectivity index (χ0v) is 20.4. The van der Waals surface area contributed by atoms with Gasteiger partial charge in [-0.3, -0.25) is 4.79 Å². The average molecular weight is 500 g/mol. The molecular weight excluding hydrogens is 471 g/mol. The number of nitrogens with zero attached hydrogens (tertiary/aromatic N) is 5. The lowest BCUT2D eigenvalue weighted by molar-refractivity contribution is -0.133. The summed E-state index contributed by atoms with van der Waals surface area (Å²) in [6.45, 7) is 1.03. The highest BCUT2D eigenvalue weighted by molar-refractivity contribution is 5.96. The lowest BCUT2D eigenvalue weighted by Gasteiger charge is -2.29. The van der Waals surface area contributed by atoms with Gasteiger partial charge in [0.2, 0.25) is 11.9 Å². The number of hydrogen-bond acceptors (Lipinski definition) is 5. The lowest BCUT2D eigenvalue weighted by Crippen LogP contribution is -2.35. The van der Waals surface area contributed by atoms with E-state index in [1.54, 1.807) is 44.4 Å². The predicted octanol–water partition coefficient (Wildman–Crippen LogP) is 4.75. The van der Waals surface area contributed by atoms with Gasteiger partial charge in [-0.05, 0) is 50.3 Å². The minimum Gasteiger partial charge on any atom is -0.351 e. The predicted molar refractivity (Wildman–Crippen MR) is 131 cm³/mol.